The van der Waals surface area contributed by atoms with Gasteiger partial charge in [-0.05, 0) is 25.1 Å². The number of nitrogens with zero attached hydrogens (tertiary/aromatic N) is 1. The fraction of sp³-hybridized carbons (Fsp3) is 0.438. The summed E-state index contributed by atoms with van der Waals surface area (Å²) < 4.78 is 16.1. The minimum atomic E-state index is -0.143. The van der Waals surface area contributed by atoms with Gasteiger partial charge in [-0.1, -0.05) is 0 Å². The van der Waals surface area contributed by atoms with E-state index in [1.807, 2.05) is 19.1 Å². The van der Waals surface area contributed by atoms with E-state index in [-0.39, 0.29) is 11.9 Å². The Morgan fingerprint density at radius 3 is 2.77 bits per heavy atom. The fourth-order valence-electron chi connectivity index (χ4n) is 2.62. The molecular formula is C16H20N2O4. The van der Waals surface area contributed by atoms with E-state index in [4.69, 9.17) is 13.6 Å². The number of aryl methyl sites for hydroxylation is 1. The minimum absolute atomic E-state index is 0.00783. The Kier molecular flexibility index (Phi) is 4.60. The van der Waals surface area contributed by atoms with Crippen LogP contribution in [0.1, 0.15) is 27.9 Å². The highest BCUT2D eigenvalue weighted by atomic mass is 16.5. The third-order valence-electron chi connectivity index (χ3n) is 3.82. The van der Waals surface area contributed by atoms with Crippen LogP contribution in [0, 0.1) is 6.92 Å². The van der Waals surface area contributed by atoms with E-state index in [9.17, 15) is 4.79 Å². The van der Waals surface area contributed by atoms with Gasteiger partial charge in [0.1, 0.15) is 17.8 Å². The lowest BCUT2D eigenvalue weighted by Crippen LogP contribution is -2.43. The van der Waals surface area contributed by atoms with Crippen molar-refractivity contribution in [3.05, 3.63) is 47.8 Å². The molecule has 0 aromatic carbocycles. The molecule has 1 atom stereocenters. The lowest BCUT2D eigenvalue weighted by Gasteiger charge is -2.33. The van der Waals surface area contributed by atoms with E-state index in [2.05, 4.69) is 10.2 Å². The molecule has 3 rings (SSSR count). The molecule has 2 aromatic heterocycles. The number of amides is 1. The second-order valence-corrected chi connectivity index (χ2v) is 5.33. The molecule has 118 valence electrons. The molecule has 3 heterocycles. The van der Waals surface area contributed by atoms with Gasteiger partial charge < -0.3 is 18.9 Å². The molecular weight excluding hydrogens is 284 g/mol. The average molecular weight is 304 g/mol. The number of furan rings is 2. The first kappa shape index (κ1) is 14.9. The summed E-state index contributed by atoms with van der Waals surface area (Å²) in [5, 5.41) is 2.95. The molecule has 6 heteroatoms. The van der Waals surface area contributed by atoms with Gasteiger partial charge in [-0.2, -0.15) is 0 Å². The zero-order valence-corrected chi connectivity index (χ0v) is 12.6. The molecule has 0 aliphatic carbocycles. The first-order valence-corrected chi connectivity index (χ1v) is 7.42. The van der Waals surface area contributed by atoms with E-state index in [0.717, 1.165) is 24.6 Å². The fourth-order valence-corrected chi connectivity index (χ4v) is 2.62. The van der Waals surface area contributed by atoms with E-state index in [0.29, 0.717) is 25.3 Å². The zero-order valence-electron chi connectivity index (χ0n) is 12.6. The van der Waals surface area contributed by atoms with Gasteiger partial charge in [-0.3, -0.25) is 9.69 Å². The Bertz CT molecular complexity index is 599. The maximum absolute atomic E-state index is 12.1. The quantitative estimate of drug-likeness (QED) is 0.915. The molecule has 1 N–H and O–H groups in total. The third-order valence-corrected chi connectivity index (χ3v) is 3.82. The maximum atomic E-state index is 12.1. The van der Waals surface area contributed by atoms with Crippen LogP contribution < -0.4 is 5.32 Å². The predicted molar refractivity (Wildman–Crippen MR) is 79.6 cm³/mol. The van der Waals surface area contributed by atoms with Crippen molar-refractivity contribution in [2.24, 2.45) is 0 Å². The number of carbonyl (C=O) groups is 1. The minimum Gasteiger partial charge on any atom is -0.472 e. The van der Waals surface area contributed by atoms with Crippen LogP contribution in [0.4, 0.5) is 0 Å². The number of carbonyl (C=O) groups excluding carboxylic acids is 1. The van der Waals surface area contributed by atoms with Gasteiger partial charge in [0.2, 0.25) is 0 Å². The molecule has 0 bridgehead atoms. The molecule has 0 saturated carbocycles. The number of morpholine rings is 1. The summed E-state index contributed by atoms with van der Waals surface area (Å²) >= 11 is 0. The number of hydrogen-bond acceptors (Lipinski definition) is 5. The molecule has 6 nitrogen and oxygen atoms in total. The van der Waals surface area contributed by atoms with Gasteiger partial charge in [0.15, 0.2) is 0 Å². The van der Waals surface area contributed by atoms with Crippen molar-refractivity contribution >= 4 is 5.91 Å². The standard InChI is InChI=1S/C16H20N2O4/c1-12-2-3-15(22-12)14(18-5-8-20-9-6-18)10-17-16(19)13-4-7-21-11-13/h2-4,7,11,14H,5-6,8-10H2,1H3,(H,17,19). The van der Waals surface area contributed by atoms with Crippen molar-refractivity contribution < 1.29 is 18.4 Å². The summed E-state index contributed by atoms with van der Waals surface area (Å²) in [6.45, 7) is 5.45. The van der Waals surface area contributed by atoms with E-state index in [1.54, 1.807) is 6.07 Å². The van der Waals surface area contributed by atoms with Gasteiger partial charge >= 0.3 is 0 Å². The van der Waals surface area contributed by atoms with Crippen LogP contribution in [0.2, 0.25) is 0 Å². The van der Waals surface area contributed by atoms with Gasteiger partial charge in [0.05, 0.1) is 31.1 Å². The van der Waals surface area contributed by atoms with Crippen LogP contribution >= 0.6 is 0 Å². The maximum Gasteiger partial charge on any atom is 0.254 e. The Morgan fingerprint density at radius 1 is 1.32 bits per heavy atom. The summed E-state index contributed by atoms with van der Waals surface area (Å²) in [5.74, 6) is 1.59. The first-order chi connectivity index (χ1) is 10.7. The monoisotopic (exact) mass is 304 g/mol. The average Bonchev–Trinajstić information content (AvgIpc) is 3.20. The van der Waals surface area contributed by atoms with Crippen molar-refractivity contribution in [2.75, 3.05) is 32.8 Å². The molecule has 1 fully saturated rings. The normalized spacial score (nSPS) is 17.3. The second-order valence-electron chi connectivity index (χ2n) is 5.33. The highest BCUT2D eigenvalue weighted by Gasteiger charge is 2.25. The summed E-state index contributed by atoms with van der Waals surface area (Å²) in [6.07, 6.45) is 2.93. The van der Waals surface area contributed by atoms with E-state index >= 15 is 0 Å². The lowest BCUT2D eigenvalue weighted by molar-refractivity contribution is 0.0117. The number of hydrogen-bond donors (Lipinski definition) is 1. The number of ether oxygens (including phenoxy) is 1. The number of nitrogens with one attached hydrogen (secondary N) is 1. The van der Waals surface area contributed by atoms with Crippen LogP contribution in [-0.2, 0) is 4.74 Å². The molecule has 1 aliphatic rings. The zero-order chi connectivity index (χ0) is 15.4. The topological polar surface area (TPSA) is 67.9 Å². The summed E-state index contributed by atoms with van der Waals surface area (Å²) in [6, 6.07) is 5.57. The molecule has 1 amide bonds. The first-order valence-electron chi connectivity index (χ1n) is 7.42. The molecule has 0 spiro atoms. The molecule has 22 heavy (non-hydrogen) atoms. The van der Waals surface area contributed by atoms with Crippen molar-refractivity contribution in [3.8, 4) is 0 Å². The molecule has 0 radical (unpaired) electrons. The summed E-state index contributed by atoms with van der Waals surface area (Å²) in [5.41, 5.74) is 0.524. The number of rotatable bonds is 5. The van der Waals surface area contributed by atoms with Gasteiger partial charge in [0.25, 0.3) is 5.91 Å². The smallest absolute Gasteiger partial charge is 0.254 e. The van der Waals surface area contributed by atoms with Crippen molar-refractivity contribution in [1.29, 1.82) is 0 Å². The molecule has 2 aromatic rings. The Balaban J connectivity index is 1.69. The summed E-state index contributed by atoms with van der Waals surface area (Å²) in [4.78, 5) is 14.4. The van der Waals surface area contributed by atoms with Crippen molar-refractivity contribution in [3.63, 3.8) is 0 Å². The largest absolute Gasteiger partial charge is 0.472 e. The van der Waals surface area contributed by atoms with Gasteiger partial charge in [0, 0.05) is 19.6 Å². The van der Waals surface area contributed by atoms with Gasteiger partial charge in [-0.25, -0.2) is 0 Å². The van der Waals surface area contributed by atoms with Crippen LogP contribution in [-0.4, -0.2) is 43.7 Å². The Hall–Kier alpha value is -2.05. The lowest BCUT2D eigenvalue weighted by atomic mass is 10.1. The second kappa shape index (κ2) is 6.81. The SMILES string of the molecule is Cc1ccc(C(CNC(=O)c2ccoc2)N2CCOCC2)o1. The molecule has 1 aliphatic heterocycles. The van der Waals surface area contributed by atoms with Crippen molar-refractivity contribution in [1.82, 2.24) is 10.2 Å². The van der Waals surface area contributed by atoms with Crippen LogP contribution in [0.25, 0.3) is 0 Å². The van der Waals surface area contributed by atoms with Crippen LogP contribution in [0.15, 0.2) is 39.6 Å². The van der Waals surface area contributed by atoms with Gasteiger partial charge in [-0.15, -0.1) is 0 Å². The molecule has 1 saturated heterocycles. The third kappa shape index (κ3) is 3.40. The highest BCUT2D eigenvalue weighted by molar-refractivity contribution is 5.93. The molecule has 1 unspecified atom stereocenters. The Morgan fingerprint density at radius 2 is 2.14 bits per heavy atom. The highest BCUT2D eigenvalue weighted by Crippen LogP contribution is 2.23. The van der Waals surface area contributed by atoms with Crippen molar-refractivity contribution in [2.45, 2.75) is 13.0 Å². The van der Waals surface area contributed by atoms with Crippen LogP contribution in [0.3, 0.4) is 0 Å². The predicted octanol–water partition coefficient (Wildman–Crippen LogP) is 1.98. The van der Waals surface area contributed by atoms with E-state index in [1.165, 1.54) is 12.5 Å². The van der Waals surface area contributed by atoms with E-state index < -0.39 is 0 Å². The van der Waals surface area contributed by atoms with Crippen LogP contribution in [0.5, 0.6) is 0 Å². The Labute approximate surface area is 129 Å². The summed E-state index contributed by atoms with van der Waals surface area (Å²) in [7, 11) is 0.